The van der Waals surface area contributed by atoms with Crippen molar-refractivity contribution >= 4 is 213 Å². The van der Waals surface area contributed by atoms with Crippen LogP contribution in [0, 0.1) is 24.3 Å². The summed E-state index contributed by atoms with van der Waals surface area (Å²) in [6.45, 7) is 0. The van der Waals surface area contributed by atoms with Crippen LogP contribution in [0.1, 0.15) is 0 Å². The fourth-order valence-electron chi connectivity index (χ4n) is 20.6. The molecule has 0 fully saturated rings. The van der Waals surface area contributed by atoms with Gasteiger partial charge >= 0.3 is 40.8 Å². The van der Waals surface area contributed by atoms with Crippen molar-refractivity contribution < 1.29 is 40.8 Å². The Labute approximate surface area is 796 Å². The van der Waals surface area contributed by atoms with Gasteiger partial charge in [-0.1, -0.05) is 354 Å². The number of anilines is 6. The second kappa shape index (κ2) is 35.4. The first-order valence-electron chi connectivity index (χ1n) is 43.3. The van der Waals surface area contributed by atoms with Gasteiger partial charge in [0.05, 0.1) is 0 Å². The summed E-state index contributed by atoms with van der Waals surface area (Å²) in [5.41, 5.74) is 8.09. The molecule has 2 aliphatic heterocycles. The first kappa shape index (κ1) is 83.3. The number of benzene rings is 16. The predicted octanol–water partition coefficient (Wildman–Crippen LogP) is 17.3. The molecule has 0 saturated heterocycles. The van der Waals surface area contributed by atoms with Gasteiger partial charge in [-0.2, -0.15) is 46.8 Å². The fourth-order valence-corrected chi connectivity index (χ4v) is 43.1. The van der Waals surface area contributed by atoms with Crippen molar-refractivity contribution in [3.8, 4) is 22.5 Å². The maximum Gasteiger partial charge on any atom is 2.00 e. The van der Waals surface area contributed by atoms with Crippen molar-refractivity contribution in [3.63, 3.8) is 0 Å². The average Bonchev–Trinajstić information content (AvgIpc) is 1.05. The Morgan fingerprint density at radius 2 is 0.592 bits per heavy atom. The number of nitrogens with zero attached hydrogens (tertiary/aromatic N) is 6. The first-order valence-corrected chi connectivity index (χ1v) is 52.9. The van der Waals surface area contributed by atoms with E-state index in [9.17, 15) is 0 Å². The smallest absolute Gasteiger partial charge is 0.319 e. The van der Waals surface area contributed by atoms with Gasteiger partial charge in [-0.05, 0) is 109 Å². The Bertz CT molecular complexity index is 7660. The molecule has 0 amide bonds. The van der Waals surface area contributed by atoms with Gasteiger partial charge in [-0.15, -0.1) is 103 Å². The van der Waals surface area contributed by atoms with Crippen LogP contribution in [0.5, 0.6) is 0 Å². The number of aromatic nitrogens is 4. The van der Waals surface area contributed by atoms with Crippen molar-refractivity contribution in [3.05, 3.63) is 498 Å². The molecule has 14 heteroatoms. The summed E-state index contributed by atoms with van der Waals surface area (Å²) >= 11 is 3.79. The molecule has 22 aromatic rings. The topological polar surface area (TPSA) is 58.0 Å². The average molecular weight is 1950 g/mol. The predicted molar refractivity (Wildman–Crippen MR) is 547 cm³/mol. The van der Waals surface area contributed by atoms with Crippen LogP contribution in [-0.2, 0) is 40.8 Å². The molecule has 0 bridgehead atoms. The van der Waals surface area contributed by atoms with Gasteiger partial charge < -0.3 is 19.8 Å². The third-order valence-corrected chi connectivity index (χ3v) is 47.3. The van der Waals surface area contributed by atoms with Crippen LogP contribution in [0.15, 0.2) is 474 Å². The van der Waals surface area contributed by atoms with Crippen LogP contribution >= 0.6 is 22.7 Å². The summed E-state index contributed by atoms with van der Waals surface area (Å²) in [6, 6.07) is 181. The minimum Gasteiger partial charge on any atom is -0.319 e. The van der Waals surface area contributed by atoms with Gasteiger partial charge in [0.25, 0.3) is 0 Å². The van der Waals surface area contributed by atoms with Gasteiger partial charge in [-0.25, -0.2) is 9.97 Å². The van der Waals surface area contributed by atoms with Crippen LogP contribution in [0.2, 0.25) is 0 Å². The third kappa shape index (κ3) is 13.6. The first-order chi connectivity index (χ1) is 63.5. The van der Waals surface area contributed by atoms with Crippen molar-refractivity contribution in [1.29, 1.82) is 0 Å². The van der Waals surface area contributed by atoms with Gasteiger partial charge in [0.15, 0.2) is 0 Å². The van der Waals surface area contributed by atoms with E-state index in [4.69, 9.17) is 19.9 Å². The second-order valence-electron chi connectivity index (χ2n) is 32.5. The molecule has 0 aliphatic carbocycles. The Morgan fingerprint density at radius 1 is 0.246 bits per heavy atom. The van der Waals surface area contributed by atoms with E-state index in [1.165, 1.54) is 103 Å². The number of pyridine rings is 4. The zero-order valence-electron chi connectivity index (χ0n) is 70.2. The van der Waals surface area contributed by atoms with Crippen LogP contribution in [0.4, 0.5) is 34.4 Å². The molecule has 620 valence electrons. The summed E-state index contributed by atoms with van der Waals surface area (Å²) in [4.78, 5) is 24.7. The quantitative estimate of drug-likeness (QED) is 0.0546. The normalized spacial score (nSPS) is 12.9. The number of rotatable bonds is 16. The Hall–Kier alpha value is -13.6. The maximum absolute atomic E-state index is 5.16. The van der Waals surface area contributed by atoms with E-state index in [1.807, 2.05) is 83.9 Å². The van der Waals surface area contributed by atoms with Crippen molar-refractivity contribution in [2.75, 3.05) is 9.80 Å². The molecular formula is C116H78N6Pd2S2Si4. The van der Waals surface area contributed by atoms with E-state index in [1.54, 1.807) is 0 Å². The molecule has 0 saturated carbocycles. The summed E-state index contributed by atoms with van der Waals surface area (Å²) < 4.78 is 5.19. The molecule has 8 heterocycles. The molecular weight excluding hydrogens is 1870 g/mol. The second-order valence-corrected chi connectivity index (χ2v) is 49.5. The van der Waals surface area contributed by atoms with Gasteiger partial charge in [-0.3, -0.25) is 0 Å². The van der Waals surface area contributed by atoms with E-state index in [-0.39, 0.29) is 40.8 Å². The number of thiophene rings is 2. The third-order valence-electron chi connectivity index (χ3n) is 25.9. The molecule has 2 aliphatic rings. The fraction of sp³-hybridized carbons (Fsp3) is 0. The Morgan fingerprint density at radius 3 is 1.00 bits per heavy atom. The molecule has 6 aromatic heterocycles. The molecule has 0 atom stereocenters. The monoisotopic (exact) mass is 1940 g/mol. The van der Waals surface area contributed by atoms with Crippen LogP contribution in [-0.4, -0.2) is 52.2 Å². The van der Waals surface area contributed by atoms with E-state index in [0.29, 0.717) is 0 Å². The van der Waals surface area contributed by atoms with E-state index >= 15 is 0 Å². The van der Waals surface area contributed by atoms with Crippen molar-refractivity contribution in [2.24, 2.45) is 0 Å². The number of hydrogen-bond donors (Lipinski definition) is 0. The molecule has 0 radical (unpaired) electrons. The van der Waals surface area contributed by atoms with Crippen molar-refractivity contribution in [1.82, 2.24) is 19.9 Å². The Balaban J connectivity index is 0.000000155. The SMILES string of the molecule is [Pd+2].[Pd+2].[c-]1c(-c2ccccn2)cccc1[Si](c1[c-]c2c(cc1)[Si](c1ccccc1)(c1ccccc1)c1c(ccc3c1sc1ccccc13)N2c1ccccn1)(c1ccccc1)c1ccccc1.[c-]1c(-c2ccccn2)cccc1[Si](c1[c-]c2c(cc1)[Si](c1ccccc1)(c1ccccc1)c1c(ccc3sc4ccccc4c13)N2c1ccccn1)(c1ccccc1)c1ccccc1. The van der Waals surface area contributed by atoms with Crippen LogP contribution < -0.4 is 92.8 Å². The van der Waals surface area contributed by atoms with E-state index in [2.05, 4.69) is 447 Å². The zero-order chi connectivity index (χ0) is 85.0. The molecule has 0 spiro atoms. The summed E-state index contributed by atoms with van der Waals surface area (Å²) in [5.74, 6) is 1.72. The minimum absolute atomic E-state index is 0. The summed E-state index contributed by atoms with van der Waals surface area (Å²) in [6.07, 6.45) is 7.54. The van der Waals surface area contributed by atoms with E-state index in [0.717, 1.165) is 77.6 Å². The minimum atomic E-state index is -3.19. The Kier molecular flexibility index (Phi) is 22.7. The zero-order valence-corrected chi connectivity index (χ0v) is 78.9. The molecule has 0 unspecified atom stereocenters. The van der Waals surface area contributed by atoms with E-state index < -0.39 is 32.3 Å². The van der Waals surface area contributed by atoms with Gasteiger partial charge in [0, 0.05) is 76.5 Å². The van der Waals surface area contributed by atoms with Crippen LogP contribution in [0.3, 0.4) is 0 Å². The number of fused-ring (bicyclic) bond motifs is 12. The molecule has 0 N–H and O–H groups in total. The molecule has 24 rings (SSSR count). The number of hydrogen-bond acceptors (Lipinski definition) is 8. The maximum atomic E-state index is 5.16. The van der Waals surface area contributed by atoms with Crippen molar-refractivity contribution in [2.45, 2.75) is 0 Å². The van der Waals surface area contributed by atoms with Crippen LogP contribution in [0.25, 0.3) is 62.9 Å². The summed E-state index contributed by atoms with van der Waals surface area (Å²) in [5, 5.41) is 25.5. The largest absolute Gasteiger partial charge is 2.00 e. The standard InChI is InChI=1S/2C58H39N3SSi2.2Pd/c1-5-21-43(22-6-1)63(44-23-7-2-8-24-44,47-29-19-20-42(40-47)51-31-15-17-38-59-51)48-34-37-55-53(41-48)61(56-33-16-18-39-60-56)52-36-35-50-49-30-13-14-32-54(49)62-57(50)58(52)64(55,45-25-9-3-10-26-45)46-27-11-4-12-28-46;1-5-21-43(22-6-1)63(44-23-7-2-8-24-44,47-29-19-20-42(40-47)50-31-15-17-38-59-50)48-34-37-55-52(41-48)61(56-33-16-18-39-60-56)51-35-36-54-57(49-30-13-14-32-53(49)62-54)58(51)64(55,45-25-9-3-10-26-45)46-27-11-4-12-28-46;;/h2*1-39H;;/q2*-2;2*+2. The van der Waals surface area contributed by atoms with Gasteiger partial charge in [0.1, 0.15) is 43.9 Å². The molecule has 130 heavy (non-hydrogen) atoms. The molecule has 6 nitrogen and oxygen atoms in total. The van der Waals surface area contributed by atoms with Gasteiger partial charge in [0.2, 0.25) is 0 Å². The summed E-state index contributed by atoms with van der Waals surface area (Å²) in [7, 11) is -12.7. The molecule has 16 aromatic carbocycles.